The fraction of sp³-hybridized carbons (Fsp3) is 0.700. The quantitative estimate of drug-likeness (QED) is 0.813. The number of thioether (sulfide) groups is 1. The highest BCUT2D eigenvalue weighted by Gasteiger charge is 2.10. The van der Waals surface area contributed by atoms with Crippen LogP contribution in [0.3, 0.4) is 0 Å². The highest BCUT2D eigenvalue weighted by molar-refractivity contribution is 7.99. The van der Waals surface area contributed by atoms with E-state index in [9.17, 15) is 0 Å². The van der Waals surface area contributed by atoms with Crippen molar-refractivity contribution in [2.24, 2.45) is 12.8 Å². The van der Waals surface area contributed by atoms with Gasteiger partial charge in [0.15, 0.2) is 0 Å². The Bertz CT molecular complexity index is 272. The van der Waals surface area contributed by atoms with Crippen LogP contribution >= 0.6 is 11.8 Å². The SMILES string of the molecule is CCC(C)SCC(N)c1ccn(C)n1. The summed E-state index contributed by atoms with van der Waals surface area (Å²) in [5.74, 6) is 0.950. The van der Waals surface area contributed by atoms with Gasteiger partial charge in [0.25, 0.3) is 0 Å². The molecule has 0 fully saturated rings. The van der Waals surface area contributed by atoms with Gasteiger partial charge in [0.2, 0.25) is 0 Å². The van der Waals surface area contributed by atoms with E-state index in [2.05, 4.69) is 18.9 Å². The lowest BCUT2D eigenvalue weighted by Crippen LogP contribution is -2.15. The van der Waals surface area contributed by atoms with Crippen molar-refractivity contribution in [2.45, 2.75) is 31.6 Å². The van der Waals surface area contributed by atoms with Crippen LogP contribution in [-0.2, 0) is 7.05 Å². The zero-order chi connectivity index (χ0) is 10.6. The Kier molecular flexibility index (Phi) is 4.48. The van der Waals surface area contributed by atoms with Gasteiger partial charge in [0, 0.05) is 24.2 Å². The Morgan fingerprint density at radius 3 is 2.86 bits per heavy atom. The predicted octanol–water partition coefficient (Wildman–Crippen LogP) is 1.95. The number of hydrogen-bond donors (Lipinski definition) is 1. The van der Waals surface area contributed by atoms with E-state index < -0.39 is 0 Å². The maximum Gasteiger partial charge on any atom is 0.0800 e. The van der Waals surface area contributed by atoms with Crippen molar-refractivity contribution >= 4 is 11.8 Å². The molecule has 0 radical (unpaired) electrons. The Hall–Kier alpha value is -0.480. The first-order valence-corrected chi connectivity index (χ1v) is 6.05. The lowest BCUT2D eigenvalue weighted by Gasteiger charge is -2.12. The third-order valence-electron chi connectivity index (χ3n) is 2.25. The normalized spacial score (nSPS) is 15.4. The number of nitrogens with zero attached hydrogens (tertiary/aromatic N) is 2. The molecule has 1 heterocycles. The van der Waals surface area contributed by atoms with Crippen LogP contribution in [0.1, 0.15) is 32.0 Å². The summed E-state index contributed by atoms with van der Waals surface area (Å²) < 4.78 is 1.79. The smallest absolute Gasteiger partial charge is 0.0800 e. The van der Waals surface area contributed by atoms with E-state index in [0.717, 1.165) is 11.4 Å². The summed E-state index contributed by atoms with van der Waals surface area (Å²) in [5.41, 5.74) is 7.00. The van der Waals surface area contributed by atoms with Crippen molar-refractivity contribution in [3.8, 4) is 0 Å². The topological polar surface area (TPSA) is 43.8 Å². The fourth-order valence-corrected chi connectivity index (χ4v) is 2.04. The second-order valence-corrected chi connectivity index (χ2v) is 5.04. The summed E-state index contributed by atoms with van der Waals surface area (Å²) in [7, 11) is 1.91. The highest BCUT2D eigenvalue weighted by Crippen LogP contribution is 2.19. The minimum atomic E-state index is 0.0650. The number of aryl methyl sites for hydroxylation is 1. The van der Waals surface area contributed by atoms with Crippen LogP contribution in [0.4, 0.5) is 0 Å². The van der Waals surface area contributed by atoms with Crippen molar-refractivity contribution < 1.29 is 0 Å². The summed E-state index contributed by atoms with van der Waals surface area (Å²) in [6.07, 6.45) is 3.13. The van der Waals surface area contributed by atoms with Gasteiger partial charge < -0.3 is 5.73 Å². The van der Waals surface area contributed by atoms with E-state index in [-0.39, 0.29) is 6.04 Å². The van der Waals surface area contributed by atoms with Crippen molar-refractivity contribution in [2.75, 3.05) is 5.75 Å². The molecule has 0 spiro atoms. The minimum Gasteiger partial charge on any atom is -0.322 e. The third-order valence-corrected chi connectivity index (χ3v) is 3.70. The van der Waals surface area contributed by atoms with Crippen molar-refractivity contribution in [3.05, 3.63) is 18.0 Å². The molecule has 0 saturated carbocycles. The molecule has 80 valence electrons. The Morgan fingerprint density at radius 2 is 2.36 bits per heavy atom. The van der Waals surface area contributed by atoms with E-state index >= 15 is 0 Å². The van der Waals surface area contributed by atoms with Crippen LogP contribution < -0.4 is 5.73 Å². The maximum atomic E-state index is 6.01. The second kappa shape index (κ2) is 5.41. The van der Waals surface area contributed by atoms with E-state index in [1.165, 1.54) is 6.42 Å². The van der Waals surface area contributed by atoms with E-state index in [4.69, 9.17) is 5.73 Å². The fourth-order valence-electron chi connectivity index (χ4n) is 1.10. The van der Waals surface area contributed by atoms with E-state index in [1.807, 2.05) is 31.1 Å². The Balaban J connectivity index is 2.39. The monoisotopic (exact) mass is 213 g/mol. The summed E-state index contributed by atoms with van der Waals surface area (Å²) in [5, 5.41) is 4.98. The first kappa shape index (κ1) is 11.6. The van der Waals surface area contributed by atoms with Crippen molar-refractivity contribution in [1.82, 2.24) is 9.78 Å². The maximum absolute atomic E-state index is 6.01. The minimum absolute atomic E-state index is 0.0650. The molecule has 3 nitrogen and oxygen atoms in total. The summed E-state index contributed by atoms with van der Waals surface area (Å²) >= 11 is 1.91. The van der Waals surface area contributed by atoms with Gasteiger partial charge in [-0.2, -0.15) is 16.9 Å². The lowest BCUT2D eigenvalue weighted by atomic mass is 10.3. The standard InChI is InChI=1S/C10H19N3S/c1-4-8(2)14-7-9(11)10-5-6-13(3)12-10/h5-6,8-9H,4,7,11H2,1-3H3. The molecule has 2 atom stereocenters. The van der Waals surface area contributed by atoms with Gasteiger partial charge in [-0.15, -0.1) is 0 Å². The number of nitrogens with two attached hydrogens (primary N) is 1. The molecule has 2 unspecified atom stereocenters. The first-order chi connectivity index (χ1) is 6.63. The van der Waals surface area contributed by atoms with Gasteiger partial charge in [-0.1, -0.05) is 13.8 Å². The molecule has 0 amide bonds. The van der Waals surface area contributed by atoms with Crippen LogP contribution in [0.5, 0.6) is 0 Å². The van der Waals surface area contributed by atoms with Crippen molar-refractivity contribution in [1.29, 1.82) is 0 Å². The average Bonchev–Trinajstić information content (AvgIpc) is 2.60. The molecule has 0 aliphatic carbocycles. The lowest BCUT2D eigenvalue weighted by molar-refractivity contribution is 0.702. The molecule has 1 rings (SSSR count). The van der Waals surface area contributed by atoms with Crippen LogP contribution in [0, 0.1) is 0 Å². The zero-order valence-corrected chi connectivity index (χ0v) is 9.92. The predicted molar refractivity (Wildman–Crippen MR) is 62.3 cm³/mol. The van der Waals surface area contributed by atoms with Gasteiger partial charge in [-0.25, -0.2) is 0 Å². The summed E-state index contributed by atoms with van der Waals surface area (Å²) in [6.45, 7) is 4.43. The number of rotatable bonds is 5. The van der Waals surface area contributed by atoms with Crippen molar-refractivity contribution in [3.63, 3.8) is 0 Å². The molecule has 2 N–H and O–H groups in total. The Morgan fingerprint density at radius 1 is 1.64 bits per heavy atom. The molecule has 4 heteroatoms. The molecule has 0 saturated heterocycles. The average molecular weight is 213 g/mol. The van der Waals surface area contributed by atoms with Crippen LogP contribution in [0.2, 0.25) is 0 Å². The summed E-state index contributed by atoms with van der Waals surface area (Å²) in [6, 6.07) is 2.05. The molecule has 0 aliphatic rings. The molecule has 1 aromatic rings. The third kappa shape index (κ3) is 3.35. The van der Waals surface area contributed by atoms with Gasteiger partial charge >= 0.3 is 0 Å². The Labute approximate surface area is 90.1 Å². The van der Waals surface area contributed by atoms with Crippen LogP contribution in [0.25, 0.3) is 0 Å². The van der Waals surface area contributed by atoms with Gasteiger partial charge in [0.1, 0.15) is 0 Å². The van der Waals surface area contributed by atoms with E-state index in [1.54, 1.807) is 4.68 Å². The van der Waals surface area contributed by atoms with Gasteiger partial charge in [-0.05, 0) is 12.5 Å². The molecule has 14 heavy (non-hydrogen) atoms. The number of aromatic nitrogens is 2. The molecular weight excluding hydrogens is 194 g/mol. The second-order valence-electron chi connectivity index (χ2n) is 3.57. The first-order valence-electron chi connectivity index (χ1n) is 5.00. The molecule has 0 aromatic carbocycles. The van der Waals surface area contributed by atoms with Gasteiger partial charge in [-0.3, -0.25) is 4.68 Å². The molecule has 1 aromatic heterocycles. The zero-order valence-electron chi connectivity index (χ0n) is 9.10. The van der Waals surface area contributed by atoms with E-state index in [0.29, 0.717) is 5.25 Å². The van der Waals surface area contributed by atoms with Crippen LogP contribution in [0.15, 0.2) is 12.3 Å². The van der Waals surface area contributed by atoms with Crippen LogP contribution in [-0.4, -0.2) is 20.8 Å². The number of hydrogen-bond acceptors (Lipinski definition) is 3. The molecule has 0 bridgehead atoms. The molecular formula is C10H19N3S. The van der Waals surface area contributed by atoms with Gasteiger partial charge in [0.05, 0.1) is 11.7 Å². The highest BCUT2D eigenvalue weighted by atomic mass is 32.2. The summed E-state index contributed by atoms with van der Waals surface area (Å²) in [4.78, 5) is 0. The molecule has 0 aliphatic heterocycles. The largest absolute Gasteiger partial charge is 0.322 e.